The van der Waals surface area contributed by atoms with Crippen molar-refractivity contribution in [2.24, 2.45) is 0 Å². The molecule has 2 aromatic carbocycles. The number of methoxy groups -OCH3 is 2. The molecule has 0 bridgehead atoms. The minimum Gasteiger partial charge on any atom is -0.467 e. The van der Waals surface area contributed by atoms with E-state index in [4.69, 9.17) is 9.47 Å². The summed E-state index contributed by atoms with van der Waals surface area (Å²) in [7, 11) is 2.95. The van der Waals surface area contributed by atoms with Crippen molar-refractivity contribution in [1.82, 2.24) is 26.2 Å². The van der Waals surface area contributed by atoms with E-state index in [2.05, 4.69) is 25.4 Å². The summed E-state index contributed by atoms with van der Waals surface area (Å²) >= 11 is 0. The SMILES string of the molecule is COC(=O)[C@@H](CCC(=O)N(C)CC(=O)N[C@H](CC(=O)Oc1c(F)c(F)c(F)c(F)c1F)C(=O)OC)NC(=O)C[C@H](CO)NC(=O)[C@H](Cc1ccccc1)NC(=O)OC(C)(C)C. The largest absolute Gasteiger partial charge is 0.467 e. The summed E-state index contributed by atoms with van der Waals surface area (Å²) in [6.45, 7) is 3.32. The first-order valence-corrected chi connectivity index (χ1v) is 18.2. The molecule has 4 atom stereocenters. The highest BCUT2D eigenvalue weighted by Gasteiger charge is 2.33. The maximum Gasteiger partial charge on any atom is 0.408 e. The molecular formula is C38H46F5N5O13. The topological polar surface area (TPSA) is 245 Å². The molecule has 2 aromatic rings. The molecule has 0 unspecified atom stereocenters. The Labute approximate surface area is 345 Å². The second-order valence-electron chi connectivity index (χ2n) is 14.1. The van der Waals surface area contributed by atoms with Crippen LogP contribution < -0.4 is 26.0 Å². The van der Waals surface area contributed by atoms with Crippen LogP contribution in [0.25, 0.3) is 0 Å². The number of aliphatic hydroxyl groups is 1. The first kappa shape index (κ1) is 50.8. The van der Waals surface area contributed by atoms with E-state index in [1.807, 2.05) is 5.32 Å². The van der Waals surface area contributed by atoms with Crippen LogP contribution >= 0.6 is 0 Å². The number of halogens is 5. The molecular weight excluding hydrogens is 829 g/mol. The van der Waals surface area contributed by atoms with Crippen LogP contribution in [0.5, 0.6) is 5.75 Å². The maximum absolute atomic E-state index is 14.0. The summed E-state index contributed by atoms with van der Waals surface area (Å²) in [5.74, 6) is -21.8. The number of carbonyl (C=O) groups excluding carboxylic acids is 8. The molecule has 5 amide bonds. The number of carbonyl (C=O) groups is 8. The standard InChI is InChI=1S/C38H46F5N5O13/c1-38(2,3)61-37(57)47-22(14-19-10-8-7-9-11-19)34(54)44-20(18-49)15-24(50)45-21(35(55)58-5)12-13-26(52)48(4)17-25(51)46-23(36(56)59-6)16-27(53)60-33-31(42)29(40)28(39)30(41)32(33)43/h7-11,20-23,49H,12-18H2,1-6H3,(H,44,54)(H,45,50)(H,46,51)(H,47,57)/t20-,21-,22+,23-/m1/s1. The molecule has 0 radical (unpaired) electrons. The van der Waals surface area contributed by atoms with Gasteiger partial charge in [-0.3, -0.25) is 24.0 Å². The van der Waals surface area contributed by atoms with Crippen molar-refractivity contribution < 1.29 is 84.4 Å². The zero-order chi connectivity index (χ0) is 46.2. The molecule has 0 spiro atoms. The Hall–Kier alpha value is -6.39. The van der Waals surface area contributed by atoms with E-state index in [9.17, 15) is 65.4 Å². The second-order valence-corrected chi connectivity index (χ2v) is 14.1. The van der Waals surface area contributed by atoms with Gasteiger partial charge in [-0.15, -0.1) is 0 Å². The molecule has 0 aliphatic rings. The van der Waals surface area contributed by atoms with E-state index in [-0.39, 0.29) is 6.42 Å². The molecule has 2 rings (SSSR count). The highest BCUT2D eigenvalue weighted by atomic mass is 19.2. The normalized spacial score (nSPS) is 13.0. The number of amides is 5. The van der Waals surface area contributed by atoms with Gasteiger partial charge >= 0.3 is 24.0 Å². The Balaban J connectivity index is 2.03. The molecule has 0 aromatic heterocycles. The number of hydrogen-bond donors (Lipinski definition) is 5. The molecule has 336 valence electrons. The number of alkyl carbamates (subject to hydrolysis) is 1. The van der Waals surface area contributed by atoms with Gasteiger partial charge in [0.25, 0.3) is 0 Å². The molecule has 0 fully saturated rings. The number of ether oxygens (including phenoxy) is 4. The van der Waals surface area contributed by atoms with Crippen molar-refractivity contribution in [2.45, 2.75) is 82.6 Å². The molecule has 61 heavy (non-hydrogen) atoms. The number of likely N-dealkylation sites (N-methyl/N-ethyl adjacent to an activating group) is 1. The fourth-order valence-electron chi connectivity index (χ4n) is 5.17. The van der Waals surface area contributed by atoms with Crippen LogP contribution in [-0.4, -0.2) is 122 Å². The van der Waals surface area contributed by atoms with E-state index in [0.29, 0.717) is 5.56 Å². The number of nitrogens with one attached hydrogen (secondary N) is 4. The third-order valence-corrected chi connectivity index (χ3v) is 8.14. The van der Waals surface area contributed by atoms with Crippen LogP contribution in [0.4, 0.5) is 26.7 Å². The van der Waals surface area contributed by atoms with Gasteiger partial charge in [-0.1, -0.05) is 30.3 Å². The molecule has 5 N–H and O–H groups in total. The number of esters is 3. The molecule has 0 saturated heterocycles. The van der Waals surface area contributed by atoms with Gasteiger partial charge in [0.2, 0.25) is 58.5 Å². The van der Waals surface area contributed by atoms with Crippen molar-refractivity contribution in [3.8, 4) is 5.75 Å². The Morgan fingerprint density at radius 1 is 0.721 bits per heavy atom. The van der Waals surface area contributed by atoms with Gasteiger partial charge in [0.15, 0.2) is 0 Å². The molecule has 18 nitrogen and oxygen atoms in total. The summed E-state index contributed by atoms with van der Waals surface area (Å²) in [6, 6.07) is 2.82. The van der Waals surface area contributed by atoms with Crippen LogP contribution in [0.2, 0.25) is 0 Å². The molecule has 23 heteroatoms. The zero-order valence-corrected chi connectivity index (χ0v) is 33.8. The highest BCUT2D eigenvalue weighted by molar-refractivity contribution is 5.91. The number of nitrogens with zero attached hydrogens (tertiary/aromatic N) is 1. The second kappa shape index (κ2) is 23.4. The zero-order valence-electron chi connectivity index (χ0n) is 33.8. The van der Waals surface area contributed by atoms with Crippen LogP contribution in [-0.2, 0) is 54.2 Å². The Kier molecular flexibility index (Phi) is 19.5. The average Bonchev–Trinajstić information content (AvgIpc) is 3.20. The van der Waals surface area contributed by atoms with Gasteiger partial charge in [-0.2, -0.15) is 8.78 Å². The summed E-state index contributed by atoms with van der Waals surface area (Å²) in [5, 5.41) is 19.3. The number of benzene rings is 2. The lowest BCUT2D eigenvalue weighted by molar-refractivity contribution is -0.149. The Morgan fingerprint density at radius 2 is 1.26 bits per heavy atom. The summed E-state index contributed by atoms with van der Waals surface area (Å²) in [6.07, 6.45) is -3.59. The van der Waals surface area contributed by atoms with E-state index >= 15 is 0 Å². The Bertz CT molecular complexity index is 1900. The number of rotatable bonds is 20. The molecule has 0 saturated carbocycles. The monoisotopic (exact) mass is 875 g/mol. The third-order valence-electron chi connectivity index (χ3n) is 8.14. The van der Waals surface area contributed by atoms with Crippen molar-refractivity contribution in [2.75, 3.05) is 34.4 Å². The van der Waals surface area contributed by atoms with Crippen molar-refractivity contribution in [3.05, 3.63) is 65.0 Å². The fourth-order valence-corrected chi connectivity index (χ4v) is 5.17. The van der Waals surface area contributed by atoms with Crippen molar-refractivity contribution in [1.29, 1.82) is 0 Å². The third kappa shape index (κ3) is 16.3. The minimum absolute atomic E-state index is 0.0152. The van der Waals surface area contributed by atoms with Gasteiger partial charge in [0, 0.05) is 26.3 Å². The van der Waals surface area contributed by atoms with Crippen LogP contribution in [0.1, 0.15) is 52.0 Å². The van der Waals surface area contributed by atoms with Gasteiger partial charge in [-0.05, 0) is 32.8 Å². The Morgan fingerprint density at radius 3 is 1.80 bits per heavy atom. The lowest BCUT2D eigenvalue weighted by atomic mass is 10.0. The predicted octanol–water partition coefficient (Wildman–Crippen LogP) is 1.24. The molecule has 0 aliphatic carbocycles. The maximum atomic E-state index is 14.0. The lowest BCUT2D eigenvalue weighted by Gasteiger charge is -2.25. The van der Waals surface area contributed by atoms with Gasteiger partial charge < -0.3 is 50.2 Å². The fraction of sp³-hybridized carbons (Fsp3) is 0.474. The lowest BCUT2D eigenvalue weighted by Crippen LogP contribution is -2.53. The van der Waals surface area contributed by atoms with E-state index < -0.39 is 151 Å². The van der Waals surface area contributed by atoms with Gasteiger partial charge in [0.05, 0.1) is 39.8 Å². The number of hydrogen-bond acceptors (Lipinski definition) is 13. The van der Waals surface area contributed by atoms with Crippen LogP contribution in [0.3, 0.4) is 0 Å². The predicted molar refractivity (Wildman–Crippen MR) is 198 cm³/mol. The highest BCUT2D eigenvalue weighted by Crippen LogP contribution is 2.29. The van der Waals surface area contributed by atoms with E-state index in [1.165, 1.54) is 0 Å². The van der Waals surface area contributed by atoms with Crippen LogP contribution in [0, 0.1) is 29.1 Å². The van der Waals surface area contributed by atoms with Crippen molar-refractivity contribution >= 4 is 47.6 Å². The van der Waals surface area contributed by atoms with Crippen molar-refractivity contribution in [3.63, 3.8) is 0 Å². The quantitative estimate of drug-likeness (QED) is 0.0314. The van der Waals surface area contributed by atoms with Gasteiger partial charge in [-0.25, -0.2) is 27.6 Å². The first-order valence-electron chi connectivity index (χ1n) is 18.2. The summed E-state index contributed by atoms with van der Waals surface area (Å²) in [5.41, 5.74) is -0.217. The molecule has 0 aliphatic heterocycles. The first-order chi connectivity index (χ1) is 28.5. The molecule has 0 heterocycles. The average molecular weight is 876 g/mol. The van der Waals surface area contributed by atoms with Crippen LogP contribution in [0.15, 0.2) is 30.3 Å². The summed E-state index contributed by atoms with van der Waals surface area (Å²) in [4.78, 5) is 102. The van der Waals surface area contributed by atoms with Gasteiger partial charge in [0.1, 0.15) is 23.7 Å². The van der Waals surface area contributed by atoms with E-state index in [0.717, 1.165) is 26.2 Å². The minimum atomic E-state index is -2.52. The summed E-state index contributed by atoms with van der Waals surface area (Å²) < 4.78 is 87.0. The number of aliphatic hydroxyl groups excluding tert-OH is 1. The van der Waals surface area contributed by atoms with E-state index in [1.54, 1.807) is 51.1 Å². The smallest absolute Gasteiger partial charge is 0.408 e.